The zero-order valence-corrected chi connectivity index (χ0v) is 23.6. The number of hydrogen-bond donors (Lipinski definition) is 0. The molecule has 0 spiro atoms. The van der Waals surface area contributed by atoms with Gasteiger partial charge in [-0.05, 0) is 64.3 Å². The van der Waals surface area contributed by atoms with Crippen LogP contribution in [-0.4, -0.2) is 19.8 Å². The summed E-state index contributed by atoms with van der Waals surface area (Å²) in [5.74, 6) is 1.94. The maximum atomic E-state index is 6.25. The van der Waals surface area contributed by atoms with Crippen LogP contribution in [0.5, 0.6) is 16.6 Å². The van der Waals surface area contributed by atoms with E-state index in [-0.39, 0.29) is 0 Å². The van der Waals surface area contributed by atoms with Crippen LogP contribution in [0, 0.1) is 13.8 Å². The van der Waals surface area contributed by atoms with Crippen molar-refractivity contribution in [1.82, 2.24) is 0 Å². The molecule has 180 valence electrons. The second-order valence-electron chi connectivity index (χ2n) is 8.40. The lowest BCUT2D eigenvalue weighted by atomic mass is 10.0. The van der Waals surface area contributed by atoms with Crippen LogP contribution >= 0.6 is 45.3 Å². The van der Waals surface area contributed by atoms with E-state index in [0.29, 0.717) is 19.8 Å². The number of fused-ring (bicyclic) bond motifs is 4. The molecule has 0 saturated carbocycles. The maximum absolute atomic E-state index is 6.25. The minimum absolute atomic E-state index is 0.633. The van der Waals surface area contributed by atoms with E-state index in [1.807, 2.05) is 29.6 Å². The molecule has 0 unspecified atom stereocenters. The number of thiophene rings is 4. The average Bonchev–Trinajstić information content (AvgIpc) is 3.59. The summed E-state index contributed by atoms with van der Waals surface area (Å²) in [4.78, 5) is 5.24. The van der Waals surface area contributed by atoms with Crippen LogP contribution < -0.4 is 14.2 Å². The van der Waals surface area contributed by atoms with Crippen molar-refractivity contribution in [3.05, 3.63) is 40.1 Å². The highest BCUT2D eigenvalue weighted by Gasteiger charge is 2.21. The molecule has 0 fully saturated rings. The van der Waals surface area contributed by atoms with Gasteiger partial charge in [0.25, 0.3) is 0 Å². The van der Waals surface area contributed by atoms with Crippen LogP contribution in [0.1, 0.15) is 30.5 Å². The van der Waals surface area contributed by atoms with Gasteiger partial charge in [-0.1, -0.05) is 11.3 Å². The summed E-state index contributed by atoms with van der Waals surface area (Å²) < 4.78 is 22.1. The van der Waals surface area contributed by atoms with Crippen LogP contribution in [-0.2, 0) is 0 Å². The van der Waals surface area contributed by atoms with Crippen molar-refractivity contribution in [2.45, 2.75) is 34.6 Å². The fourth-order valence-corrected chi connectivity index (χ4v) is 9.26. The molecule has 0 radical (unpaired) electrons. The summed E-state index contributed by atoms with van der Waals surface area (Å²) in [6, 6.07) is 11.4. The van der Waals surface area contributed by atoms with Crippen molar-refractivity contribution >= 4 is 86.4 Å². The van der Waals surface area contributed by atoms with E-state index < -0.39 is 0 Å². The van der Waals surface area contributed by atoms with Gasteiger partial charge in [0.2, 0.25) is 0 Å². The Morgan fingerprint density at radius 2 is 1.37 bits per heavy atom. The van der Waals surface area contributed by atoms with Gasteiger partial charge in [0.15, 0.2) is 5.06 Å². The molecular formula is C28H26O3S4. The summed E-state index contributed by atoms with van der Waals surface area (Å²) >= 11 is 7.26. The lowest BCUT2D eigenvalue weighted by molar-refractivity contribution is 0.343. The molecular weight excluding hydrogens is 513 g/mol. The molecule has 0 atom stereocenters. The Hall–Kier alpha value is -2.32. The van der Waals surface area contributed by atoms with E-state index in [9.17, 15) is 0 Å². The highest BCUT2D eigenvalue weighted by molar-refractivity contribution is 7.30. The van der Waals surface area contributed by atoms with E-state index in [2.05, 4.69) is 58.0 Å². The summed E-state index contributed by atoms with van der Waals surface area (Å²) in [5, 5.41) is 6.95. The van der Waals surface area contributed by atoms with Crippen molar-refractivity contribution in [3.8, 4) is 26.3 Å². The van der Waals surface area contributed by atoms with Crippen LogP contribution in [0.3, 0.4) is 0 Å². The van der Waals surface area contributed by atoms with Gasteiger partial charge in [-0.2, -0.15) is 0 Å². The lowest BCUT2D eigenvalue weighted by Gasteiger charge is -2.14. The molecule has 0 amide bonds. The van der Waals surface area contributed by atoms with Crippen LogP contribution in [0.4, 0.5) is 0 Å². The smallest absolute Gasteiger partial charge is 0.174 e. The minimum Gasteiger partial charge on any atom is -0.493 e. The Bertz CT molecular complexity index is 1630. The number of benzene rings is 2. The Morgan fingerprint density at radius 3 is 2.14 bits per heavy atom. The second-order valence-corrected chi connectivity index (χ2v) is 13.0. The third kappa shape index (κ3) is 3.71. The summed E-state index contributed by atoms with van der Waals surface area (Å²) in [7, 11) is 0. The van der Waals surface area contributed by atoms with Crippen molar-refractivity contribution in [3.63, 3.8) is 0 Å². The Labute approximate surface area is 220 Å². The zero-order chi connectivity index (χ0) is 24.3. The molecule has 4 heterocycles. The molecule has 0 saturated heterocycles. The molecule has 0 aliphatic rings. The van der Waals surface area contributed by atoms with Gasteiger partial charge in [-0.3, -0.25) is 0 Å². The number of rotatable bonds is 7. The first-order chi connectivity index (χ1) is 17.0. The SMILES string of the molecule is CCOc1cc2c(-c3cc4cc5c(OCC)c6sc(C)cc6c(OCC)c5cc4s3)sc(C)c2s1. The molecule has 0 aliphatic carbocycles. The number of ether oxygens (including phenoxy) is 3. The first kappa shape index (κ1) is 23.1. The largest absolute Gasteiger partial charge is 0.493 e. The van der Waals surface area contributed by atoms with Crippen LogP contribution in [0.15, 0.2) is 30.3 Å². The summed E-state index contributed by atoms with van der Waals surface area (Å²) in [6.45, 7) is 12.5. The summed E-state index contributed by atoms with van der Waals surface area (Å²) in [5.41, 5.74) is 0. The number of hydrogen-bond acceptors (Lipinski definition) is 7. The third-order valence-electron chi connectivity index (χ3n) is 6.07. The van der Waals surface area contributed by atoms with Crippen LogP contribution in [0.25, 0.3) is 50.8 Å². The molecule has 2 aromatic carbocycles. The standard InChI is InChI=1S/C28H26O3S4/c1-6-29-23-13-20-26(35-23)15(5)33-27(20)22-11-16-10-17-18(12-21(16)34-22)24(30-7-2)19-9-14(4)32-28(19)25(17)31-8-3/h9-13H,6-8H2,1-5H3. The molecule has 0 aliphatic heterocycles. The topological polar surface area (TPSA) is 27.7 Å². The predicted molar refractivity (Wildman–Crippen MR) is 156 cm³/mol. The lowest BCUT2D eigenvalue weighted by Crippen LogP contribution is -1.97. The number of aryl methyl sites for hydroxylation is 2. The fourth-order valence-electron chi connectivity index (χ4n) is 4.73. The quantitative estimate of drug-likeness (QED) is 0.202. The first-order valence-corrected chi connectivity index (χ1v) is 15.1. The monoisotopic (exact) mass is 538 g/mol. The average molecular weight is 539 g/mol. The van der Waals surface area contributed by atoms with Gasteiger partial charge in [-0.15, -0.1) is 34.0 Å². The zero-order valence-electron chi connectivity index (χ0n) is 20.4. The molecule has 3 nitrogen and oxygen atoms in total. The normalized spacial score (nSPS) is 11.9. The maximum Gasteiger partial charge on any atom is 0.174 e. The molecule has 0 bridgehead atoms. The van der Waals surface area contributed by atoms with Crippen molar-refractivity contribution in [2.75, 3.05) is 19.8 Å². The molecule has 35 heavy (non-hydrogen) atoms. The highest BCUT2D eigenvalue weighted by atomic mass is 32.1. The van der Waals surface area contributed by atoms with Crippen molar-refractivity contribution in [2.24, 2.45) is 0 Å². The fraction of sp³-hybridized carbons (Fsp3) is 0.286. The van der Waals surface area contributed by atoms with E-state index in [1.165, 1.54) is 44.4 Å². The highest BCUT2D eigenvalue weighted by Crippen LogP contribution is 2.51. The van der Waals surface area contributed by atoms with E-state index in [4.69, 9.17) is 14.2 Å². The van der Waals surface area contributed by atoms with Gasteiger partial charge in [0.1, 0.15) is 11.5 Å². The molecule has 4 aromatic heterocycles. The molecule has 0 N–H and O–H groups in total. The Morgan fingerprint density at radius 1 is 0.629 bits per heavy atom. The molecule has 7 heteroatoms. The first-order valence-electron chi connectivity index (χ1n) is 11.9. The van der Waals surface area contributed by atoms with Crippen molar-refractivity contribution < 1.29 is 14.2 Å². The summed E-state index contributed by atoms with van der Waals surface area (Å²) in [6.07, 6.45) is 0. The predicted octanol–water partition coefficient (Wildman–Crippen LogP) is 10.0. The van der Waals surface area contributed by atoms with Gasteiger partial charge in [0.05, 0.1) is 34.1 Å². The molecule has 6 aromatic rings. The van der Waals surface area contributed by atoms with Crippen LogP contribution in [0.2, 0.25) is 0 Å². The van der Waals surface area contributed by atoms with E-state index >= 15 is 0 Å². The van der Waals surface area contributed by atoms with Gasteiger partial charge in [0, 0.05) is 46.9 Å². The van der Waals surface area contributed by atoms with Gasteiger partial charge < -0.3 is 14.2 Å². The minimum atomic E-state index is 0.633. The Kier molecular flexibility index (Phi) is 5.92. The van der Waals surface area contributed by atoms with E-state index in [0.717, 1.165) is 32.7 Å². The molecule has 6 rings (SSSR count). The van der Waals surface area contributed by atoms with Gasteiger partial charge in [-0.25, -0.2) is 0 Å². The Balaban J connectivity index is 1.61. The van der Waals surface area contributed by atoms with Gasteiger partial charge >= 0.3 is 0 Å². The van der Waals surface area contributed by atoms with E-state index in [1.54, 1.807) is 22.7 Å². The van der Waals surface area contributed by atoms with Crippen molar-refractivity contribution in [1.29, 1.82) is 0 Å². The third-order valence-corrected chi connectivity index (χ3v) is 10.8. The second kappa shape index (κ2) is 8.96.